The van der Waals surface area contributed by atoms with E-state index in [9.17, 15) is 0 Å². The summed E-state index contributed by atoms with van der Waals surface area (Å²) in [5, 5.41) is 3.99. The zero-order valence-electron chi connectivity index (χ0n) is 12.1. The number of ether oxygens (including phenoxy) is 1. The Morgan fingerprint density at radius 2 is 2.00 bits per heavy atom. The maximum atomic E-state index is 5.73. The summed E-state index contributed by atoms with van der Waals surface area (Å²) in [6.07, 6.45) is 3.11. The lowest BCUT2D eigenvalue weighted by molar-refractivity contribution is 0.00973. The molecule has 1 aromatic heterocycles. The zero-order valence-corrected chi connectivity index (χ0v) is 12.1. The molecule has 0 aromatic carbocycles. The van der Waals surface area contributed by atoms with E-state index in [0.717, 1.165) is 19.3 Å². The number of aromatic nitrogens is 2. The van der Waals surface area contributed by atoms with E-state index >= 15 is 0 Å². The van der Waals surface area contributed by atoms with E-state index in [1.807, 2.05) is 20.8 Å². The lowest BCUT2D eigenvalue weighted by atomic mass is 10.0. The molecule has 1 aromatic rings. The quantitative estimate of drug-likeness (QED) is 0.810. The van der Waals surface area contributed by atoms with Gasteiger partial charge in [-0.25, -0.2) is 0 Å². The van der Waals surface area contributed by atoms with E-state index < -0.39 is 5.60 Å². The molecule has 5 nitrogen and oxygen atoms in total. The van der Waals surface area contributed by atoms with Crippen LogP contribution in [-0.2, 0) is 10.3 Å². The van der Waals surface area contributed by atoms with Crippen molar-refractivity contribution in [1.82, 2.24) is 10.1 Å². The van der Waals surface area contributed by atoms with E-state index in [1.54, 1.807) is 7.11 Å². The zero-order chi connectivity index (χ0) is 13.8. The van der Waals surface area contributed by atoms with Gasteiger partial charge in [0.2, 0.25) is 11.7 Å². The van der Waals surface area contributed by atoms with Crippen molar-refractivity contribution in [2.45, 2.75) is 64.5 Å². The fourth-order valence-corrected chi connectivity index (χ4v) is 1.64. The van der Waals surface area contributed by atoms with Crippen LogP contribution in [0.3, 0.4) is 0 Å². The first kappa shape index (κ1) is 15.1. The van der Waals surface area contributed by atoms with Crippen LogP contribution in [0.4, 0.5) is 0 Å². The summed E-state index contributed by atoms with van der Waals surface area (Å²) in [4.78, 5) is 4.42. The van der Waals surface area contributed by atoms with Crippen molar-refractivity contribution in [3.63, 3.8) is 0 Å². The average Bonchev–Trinajstić information content (AvgIpc) is 2.78. The second kappa shape index (κ2) is 6.29. The molecule has 1 rings (SSSR count). The van der Waals surface area contributed by atoms with Gasteiger partial charge in [0.05, 0.1) is 0 Å². The van der Waals surface area contributed by atoms with Crippen LogP contribution < -0.4 is 5.73 Å². The lowest BCUT2D eigenvalue weighted by Gasteiger charge is -2.17. The van der Waals surface area contributed by atoms with E-state index in [-0.39, 0.29) is 12.0 Å². The molecule has 2 atom stereocenters. The summed E-state index contributed by atoms with van der Waals surface area (Å²) in [5.74, 6) is 1.54. The summed E-state index contributed by atoms with van der Waals surface area (Å²) in [7, 11) is 1.64. The molecule has 5 heteroatoms. The molecule has 0 fully saturated rings. The molecule has 104 valence electrons. The van der Waals surface area contributed by atoms with Crippen LogP contribution in [0, 0.1) is 0 Å². The smallest absolute Gasteiger partial charge is 0.229 e. The van der Waals surface area contributed by atoms with Gasteiger partial charge in [0, 0.05) is 19.1 Å². The molecule has 0 saturated carbocycles. The molecule has 0 amide bonds. The number of methoxy groups -OCH3 is 1. The molecule has 2 unspecified atom stereocenters. The highest BCUT2D eigenvalue weighted by molar-refractivity contribution is 4.99. The molecule has 18 heavy (non-hydrogen) atoms. The third kappa shape index (κ3) is 4.07. The van der Waals surface area contributed by atoms with Crippen LogP contribution in [0.25, 0.3) is 0 Å². The van der Waals surface area contributed by atoms with Gasteiger partial charge in [-0.2, -0.15) is 4.98 Å². The van der Waals surface area contributed by atoms with Crippen LogP contribution in [-0.4, -0.2) is 23.3 Å². The minimum absolute atomic E-state index is 0.253. The summed E-state index contributed by atoms with van der Waals surface area (Å²) in [6, 6.07) is 0.253. The molecule has 2 N–H and O–H groups in total. The lowest BCUT2D eigenvalue weighted by Crippen LogP contribution is -2.21. The average molecular weight is 255 g/mol. The molecular weight excluding hydrogens is 230 g/mol. The molecule has 0 radical (unpaired) electrons. The highest BCUT2D eigenvalue weighted by Crippen LogP contribution is 2.25. The Bertz CT molecular complexity index is 361. The largest absolute Gasteiger partial charge is 0.371 e. The van der Waals surface area contributed by atoms with E-state index in [2.05, 4.69) is 17.1 Å². The standard InChI is InChI=1S/C13H25N3O2/c1-9(7-6-8-10(2)14)11-15-12(16-18-11)13(3,4)17-5/h9-10H,6-8,14H2,1-5H3. The number of nitrogens with zero attached hydrogens (tertiary/aromatic N) is 2. The van der Waals surface area contributed by atoms with Crippen molar-refractivity contribution in [1.29, 1.82) is 0 Å². The van der Waals surface area contributed by atoms with Crippen molar-refractivity contribution >= 4 is 0 Å². The van der Waals surface area contributed by atoms with E-state index in [4.69, 9.17) is 15.0 Å². The number of nitrogens with two attached hydrogens (primary N) is 1. The number of hydrogen-bond acceptors (Lipinski definition) is 5. The summed E-state index contributed by atoms with van der Waals surface area (Å²) in [6.45, 7) is 7.96. The second-order valence-corrected chi connectivity index (χ2v) is 5.48. The number of rotatable bonds is 7. The minimum Gasteiger partial charge on any atom is -0.371 e. The van der Waals surface area contributed by atoms with Gasteiger partial charge in [-0.3, -0.25) is 0 Å². The third-order valence-electron chi connectivity index (χ3n) is 3.21. The molecule has 0 spiro atoms. The first-order chi connectivity index (χ1) is 8.36. The van der Waals surface area contributed by atoms with Crippen molar-refractivity contribution in [3.8, 4) is 0 Å². The molecular formula is C13H25N3O2. The van der Waals surface area contributed by atoms with Crippen LogP contribution in [0.15, 0.2) is 4.52 Å². The maximum absolute atomic E-state index is 5.73. The van der Waals surface area contributed by atoms with E-state index in [0.29, 0.717) is 11.7 Å². The predicted octanol–water partition coefficient (Wildman–Crippen LogP) is 2.57. The fraction of sp³-hybridized carbons (Fsp3) is 0.846. The van der Waals surface area contributed by atoms with Crippen molar-refractivity contribution in [2.24, 2.45) is 5.73 Å². The van der Waals surface area contributed by atoms with Gasteiger partial charge < -0.3 is 15.0 Å². The first-order valence-electron chi connectivity index (χ1n) is 6.51. The molecule has 0 bridgehead atoms. The summed E-state index contributed by atoms with van der Waals surface area (Å²) >= 11 is 0. The van der Waals surface area contributed by atoms with Gasteiger partial charge in [0.1, 0.15) is 5.60 Å². The highest BCUT2D eigenvalue weighted by Gasteiger charge is 2.27. The Labute approximate surface area is 109 Å². The fourth-order valence-electron chi connectivity index (χ4n) is 1.64. The molecule has 0 saturated heterocycles. The van der Waals surface area contributed by atoms with Gasteiger partial charge in [0.15, 0.2) is 0 Å². The van der Waals surface area contributed by atoms with Gasteiger partial charge in [0.25, 0.3) is 0 Å². The van der Waals surface area contributed by atoms with E-state index in [1.165, 1.54) is 0 Å². The molecule has 0 aliphatic carbocycles. The van der Waals surface area contributed by atoms with Gasteiger partial charge >= 0.3 is 0 Å². The molecule has 0 aliphatic rings. The van der Waals surface area contributed by atoms with Gasteiger partial charge in [-0.1, -0.05) is 18.5 Å². The Hall–Kier alpha value is -0.940. The van der Waals surface area contributed by atoms with Crippen LogP contribution in [0.5, 0.6) is 0 Å². The molecule has 1 heterocycles. The van der Waals surface area contributed by atoms with Crippen molar-refractivity contribution < 1.29 is 9.26 Å². The topological polar surface area (TPSA) is 74.2 Å². The van der Waals surface area contributed by atoms with Gasteiger partial charge in [-0.15, -0.1) is 0 Å². The molecule has 0 aliphatic heterocycles. The normalized spacial score (nSPS) is 15.7. The second-order valence-electron chi connectivity index (χ2n) is 5.48. The van der Waals surface area contributed by atoms with Crippen molar-refractivity contribution in [2.75, 3.05) is 7.11 Å². The highest BCUT2D eigenvalue weighted by atomic mass is 16.5. The minimum atomic E-state index is -0.507. The predicted molar refractivity (Wildman–Crippen MR) is 70.2 cm³/mol. The SMILES string of the molecule is COC(C)(C)c1noc(C(C)CCCC(C)N)n1. The third-order valence-corrected chi connectivity index (χ3v) is 3.21. The summed E-state index contributed by atoms with van der Waals surface area (Å²) in [5.41, 5.74) is 5.22. The van der Waals surface area contributed by atoms with Crippen LogP contribution >= 0.6 is 0 Å². The summed E-state index contributed by atoms with van der Waals surface area (Å²) < 4.78 is 10.6. The van der Waals surface area contributed by atoms with Crippen molar-refractivity contribution in [3.05, 3.63) is 11.7 Å². The van der Waals surface area contributed by atoms with Crippen LogP contribution in [0.2, 0.25) is 0 Å². The Kier molecular flexibility index (Phi) is 5.28. The monoisotopic (exact) mass is 255 g/mol. The Morgan fingerprint density at radius 1 is 1.33 bits per heavy atom. The number of hydrogen-bond donors (Lipinski definition) is 1. The first-order valence-corrected chi connectivity index (χ1v) is 6.51. The Balaban J connectivity index is 2.57. The Morgan fingerprint density at radius 3 is 2.56 bits per heavy atom. The van der Waals surface area contributed by atoms with Crippen LogP contribution in [0.1, 0.15) is 64.6 Å². The van der Waals surface area contributed by atoms with Gasteiger partial charge in [-0.05, 0) is 33.6 Å². The maximum Gasteiger partial charge on any atom is 0.229 e.